The second kappa shape index (κ2) is 5.20. The van der Waals surface area contributed by atoms with Crippen molar-refractivity contribution in [3.8, 4) is 12.1 Å². The normalized spacial score (nSPS) is 10.1. The molecule has 104 valence electrons. The summed E-state index contributed by atoms with van der Waals surface area (Å²) in [6.07, 6.45) is 0. The highest BCUT2D eigenvalue weighted by Gasteiger charge is 2.12. The van der Waals surface area contributed by atoms with Crippen molar-refractivity contribution in [2.45, 2.75) is 6.92 Å². The van der Waals surface area contributed by atoms with Crippen LogP contribution in [-0.4, -0.2) is 0 Å². The summed E-state index contributed by atoms with van der Waals surface area (Å²) in [4.78, 5) is 12.1. The van der Waals surface area contributed by atoms with Crippen LogP contribution < -0.4 is 5.63 Å². The van der Waals surface area contributed by atoms with Crippen LogP contribution in [0.5, 0.6) is 0 Å². The highest BCUT2D eigenvalue weighted by Crippen LogP contribution is 2.27. The molecule has 0 saturated carbocycles. The van der Waals surface area contributed by atoms with Crippen LogP contribution in [0.25, 0.3) is 27.3 Å². The molecular weight excluding hydrogens is 276 g/mol. The fraction of sp³-hybridized carbons (Fsp3) is 0.0556. The lowest BCUT2D eigenvalue weighted by Crippen LogP contribution is -2.06. The van der Waals surface area contributed by atoms with E-state index >= 15 is 0 Å². The van der Waals surface area contributed by atoms with Gasteiger partial charge in [0.05, 0.1) is 5.56 Å². The van der Waals surface area contributed by atoms with E-state index in [2.05, 4.69) is 0 Å². The molecule has 0 aliphatic carbocycles. The van der Waals surface area contributed by atoms with Crippen molar-refractivity contribution >= 4 is 27.3 Å². The smallest absolute Gasteiger partial charge is 0.343 e. The maximum absolute atomic E-state index is 12.1. The minimum absolute atomic E-state index is 0.0908. The van der Waals surface area contributed by atoms with E-state index in [4.69, 9.17) is 14.9 Å². The molecule has 3 rings (SSSR count). The van der Waals surface area contributed by atoms with Gasteiger partial charge in [0, 0.05) is 5.39 Å². The lowest BCUT2D eigenvalue weighted by atomic mass is 10.0. The lowest BCUT2D eigenvalue weighted by Gasteiger charge is -2.05. The van der Waals surface area contributed by atoms with Gasteiger partial charge in [0.15, 0.2) is 0 Å². The van der Waals surface area contributed by atoms with Crippen molar-refractivity contribution in [3.05, 3.63) is 64.0 Å². The Kier molecular flexibility index (Phi) is 3.21. The van der Waals surface area contributed by atoms with Crippen LogP contribution in [-0.2, 0) is 0 Å². The first kappa shape index (κ1) is 13.6. The third kappa shape index (κ3) is 2.04. The van der Waals surface area contributed by atoms with Crippen LogP contribution in [0.4, 0.5) is 0 Å². The van der Waals surface area contributed by atoms with Gasteiger partial charge in [-0.05, 0) is 35.4 Å². The van der Waals surface area contributed by atoms with Gasteiger partial charge in [-0.25, -0.2) is 4.79 Å². The number of nitrogens with zero attached hydrogens (tertiary/aromatic N) is 2. The Balaban J connectivity index is 2.44. The summed E-state index contributed by atoms with van der Waals surface area (Å²) in [6, 6.07) is 16.7. The molecule has 0 spiro atoms. The quantitative estimate of drug-likeness (QED) is 0.387. The van der Waals surface area contributed by atoms with Crippen molar-refractivity contribution in [3.63, 3.8) is 0 Å². The maximum Gasteiger partial charge on any atom is 0.343 e. The van der Waals surface area contributed by atoms with E-state index in [0.717, 1.165) is 16.2 Å². The van der Waals surface area contributed by atoms with Gasteiger partial charge < -0.3 is 4.42 Å². The molecule has 0 aliphatic heterocycles. The third-order valence-corrected chi connectivity index (χ3v) is 3.64. The molecule has 0 radical (unpaired) electrons. The first-order chi connectivity index (χ1) is 10.7. The van der Waals surface area contributed by atoms with E-state index in [9.17, 15) is 4.79 Å². The van der Waals surface area contributed by atoms with Gasteiger partial charge in [-0.3, -0.25) is 0 Å². The van der Waals surface area contributed by atoms with Gasteiger partial charge in [0.1, 0.15) is 23.3 Å². The standard InChI is InChI=1S/C18H10N2O2/c1-11(13(9-19)10-20)15-8-16-14-5-3-2-4-12(14)6-7-17(16)22-18(15)21/h2-8H,1H3. The Labute approximate surface area is 126 Å². The molecule has 0 fully saturated rings. The molecule has 3 aromatic rings. The second-order valence-electron chi connectivity index (χ2n) is 4.87. The Bertz CT molecular complexity index is 1060. The summed E-state index contributed by atoms with van der Waals surface area (Å²) in [6.45, 7) is 1.57. The molecule has 0 saturated heterocycles. The van der Waals surface area contributed by atoms with Crippen molar-refractivity contribution < 1.29 is 4.42 Å². The number of hydrogen-bond donors (Lipinski definition) is 0. The fourth-order valence-electron chi connectivity index (χ4n) is 2.46. The predicted molar refractivity (Wildman–Crippen MR) is 83.8 cm³/mol. The van der Waals surface area contributed by atoms with Gasteiger partial charge in [0.25, 0.3) is 0 Å². The maximum atomic E-state index is 12.1. The van der Waals surface area contributed by atoms with Crippen LogP contribution in [0.3, 0.4) is 0 Å². The number of benzene rings is 2. The highest BCUT2D eigenvalue weighted by molar-refractivity contribution is 6.06. The first-order valence-electron chi connectivity index (χ1n) is 6.62. The number of allylic oxidation sites excluding steroid dienone is 2. The molecule has 0 aliphatic rings. The molecule has 0 amide bonds. The van der Waals surface area contributed by atoms with Crippen molar-refractivity contribution in [2.24, 2.45) is 0 Å². The molecule has 1 aromatic heterocycles. The summed E-state index contributed by atoms with van der Waals surface area (Å²) < 4.78 is 5.35. The number of rotatable bonds is 1. The van der Waals surface area contributed by atoms with E-state index < -0.39 is 5.63 Å². The van der Waals surface area contributed by atoms with Gasteiger partial charge >= 0.3 is 5.63 Å². The molecule has 22 heavy (non-hydrogen) atoms. The number of fused-ring (bicyclic) bond motifs is 3. The van der Waals surface area contributed by atoms with Crippen LogP contribution >= 0.6 is 0 Å². The SMILES string of the molecule is CC(=C(C#N)C#N)c1cc2c(ccc3ccccc32)oc1=O. The molecule has 0 N–H and O–H groups in total. The highest BCUT2D eigenvalue weighted by atomic mass is 16.4. The molecule has 4 heteroatoms. The fourth-order valence-corrected chi connectivity index (χ4v) is 2.46. The van der Waals surface area contributed by atoms with E-state index in [1.165, 1.54) is 0 Å². The zero-order valence-electron chi connectivity index (χ0n) is 11.8. The number of hydrogen-bond acceptors (Lipinski definition) is 4. The molecule has 1 heterocycles. The van der Waals surface area contributed by atoms with E-state index in [-0.39, 0.29) is 11.1 Å². The van der Waals surface area contributed by atoms with Crippen molar-refractivity contribution in [2.75, 3.05) is 0 Å². The van der Waals surface area contributed by atoms with Crippen molar-refractivity contribution in [1.29, 1.82) is 10.5 Å². The average Bonchev–Trinajstić information content (AvgIpc) is 2.55. The number of nitriles is 2. The molecule has 0 unspecified atom stereocenters. The van der Waals surface area contributed by atoms with Gasteiger partial charge in [-0.1, -0.05) is 30.3 Å². The summed E-state index contributed by atoms with van der Waals surface area (Å²) in [5, 5.41) is 20.7. The monoisotopic (exact) mass is 286 g/mol. The first-order valence-corrected chi connectivity index (χ1v) is 6.62. The van der Waals surface area contributed by atoms with Gasteiger partial charge in [-0.2, -0.15) is 10.5 Å². The van der Waals surface area contributed by atoms with Crippen LogP contribution in [0.1, 0.15) is 12.5 Å². The minimum Gasteiger partial charge on any atom is -0.422 e. The summed E-state index contributed by atoms with van der Waals surface area (Å²) >= 11 is 0. The van der Waals surface area contributed by atoms with E-state index in [0.29, 0.717) is 11.2 Å². The summed E-state index contributed by atoms with van der Waals surface area (Å²) in [5.41, 5.74) is 0.404. The second-order valence-corrected chi connectivity index (χ2v) is 4.87. The molecule has 2 aromatic carbocycles. The van der Waals surface area contributed by atoms with Gasteiger partial charge in [-0.15, -0.1) is 0 Å². The molecular formula is C18H10N2O2. The Morgan fingerprint density at radius 2 is 1.77 bits per heavy atom. The van der Waals surface area contributed by atoms with Crippen LogP contribution in [0, 0.1) is 22.7 Å². The molecule has 4 nitrogen and oxygen atoms in total. The van der Waals surface area contributed by atoms with Crippen LogP contribution in [0.15, 0.2) is 57.2 Å². The van der Waals surface area contributed by atoms with Crippen molar-refractivity contribution in [1.82, 2.24) is 0 Å². The zero-order valence-corrected chi connectivity index (χ0v) is 11.8. The third-order valence-electron chi connectivity index (χ3n) is 3.64. The zero-order chi connectivity index (χ0) is 15.7. The van der Waals surface area contributed by atoms with Gasteiger partial charge in [0.2, 0.25) is 0 Å². The summed E-state index contributed by atoms with van der Waals surface area (Å²) in [7, 11) is 0. The lowest BCUT2D eigenvalue weighted by molar-refractivity contribution is 0.559. The largest absolute Gasteiger partial charge is 0.422 e. The topological polar surface area (TPSA) is 77.8 Å². The van der Waals surface area contributed by atoms with E-state index in [1.807, 2.05) is 30.3 Å². The summed E-state index contributed by atoms with van der Waals surface area (Å²) in [5.74, 6) is 0. The minimum atomic E-state index is -0.553. The predicted octanol–water partition coefficient (Wildman–Crippen LogP) is 3.77. The van der Waals surface area contributed by atoms with Crippen LogP contribution in [0.2, 0.25) is 0 Å². The molecule has 0 atom stereocenters. The molecule has 0 bridgehead atoms. The van der Waals surface area contributed by atoms with E-state index in [1.54, 1.807) is 31.2 Å². The Hall–Kier alpha value is -3.37. The Morgan fingerprint density at radius 3 is 2.50 bits per heavy atom. The average molecular weight is 286 g/mol. The Morgan fingerprint density at radius 1 is 1.05 bits per heavy atom.